The smallest absolute Gasteiger partial charge is 0.130 e. The highest BCUT2D eigenvalue weighted by atomic mass is 19.1. The number of hydrogen-bond donors (Lipinski definition) is 2. The average molecular weight is 282 g/mol. The zero-order valence-corrected chi connectivity index (χ0v) is 13.0. The van der Waals surface area contributed by atoms with Gasteiger partial charge in [0.05, 0.1) is 6.61 Å². The molecule has 0 saturated carbocycles. The Labute approximate surface area is 121 Å². The Balaban J connectivity index is 3.28. The molecule has 1 aromatic rings. The van der Waals surface area contributed by atoms with Crippen molar-refractivity contribution >= 4 is 5.69 Å². The largest absolute Gasteiger partial charge is 0.395 e. The molecule has 0 radical (unpaired) electrons. The van der Waals surface area contributed by atoms with E-state index < -0.39 is 0 Å². The lowest BCUT2D eigenvalue weighted by Crippen LogP contribution is -2.38. The molecule has 3 nitrogen and oxygen atoms in total. The molecule has 0 aliphatic carbocycles. The molecule has 0 amide bonds. The number of hydrogen-bond acceptors (Lipinski definition) is 3. The van der Waals surface area contributed by atoms with Gasteiger partial charge in [-0.25, -0.2) is 4.39 Å². The minimum Gasteiger partial charge on any atom is -0.395 e. The summed E-state index contributed by atoms with van der Waals surface area (Å²) < 4.78 is 14.2. The maximum absolute atomic E-state index is 14.2. The van der Waals surface area contributed by atoms with E-state index in [1.807, 2.05) is 20.0 Å². The zero-order chi connectivity index (χ0) is 15.1. The first-order valence-electron chi connectivity index (χ1n) is 7.43. The third-order valence-electron chi connectivity index (χ3n) is 3.93. The average Bonchev–Trinajstić information content (AvgIpc) is 2.46. The minimum atomic E-state index is -0.196. The molecule has 0 fully saturated rings. The van der Waals surface area contributed by atoms with Crippen LogP contribution < -0.4 is 10.2 Å². The molecule has 4 heteroatoms. The van der Waals surface area contributed by atoms with Crippen LogP contribution >= 0.6 is 0 Å². The predicted octanol–water partition coefficient (Wildman–Crippen LogP) is 3.09. The van der Waals surface area contributed by atoms with Gasteiger partial charge >= 0.3 is 0 Å². The fourth-order valence-corrected chi connectivity index (χ4v) is 2.69. The van der Waals surface area contributed by atoms with Gasteiger partial charge < -0.3 is 15.3 Å². The SMILES string of the molecule is CCC(CC)N(CCO)c1cccc(F)c1C(C)NC. The van der Waals surface area contributed by atoms with E-state index in [1.54, 1.807) is 6.07 Å². The van der Waals surface area contributed by atoms with Crippen LogP contribution in [0.3, 0.4) is 0 Å². The summed E-state index contributed by atoms with van der Waals surface area (Å²) in [6.07, 6.45) is 1.95. The second-order valence-corrected chi connectivity index (χ2v) is 5.07. The van der Waals surface area contributed by atoms with Gasteiger partial charge in [-0.2, -0.15) is 0 Å². The van der Waals surface area contributed by atoms with E-state index in [0.29, 0.717) is 18.2 Å². The second kappa shape index (κ2) is 8.22. The summed E-state index contributed by atoms with van der Waals surface area (Å²) in [7, 11) is 1.83. The maximum Gasteiger partial charge on any atom is 0.130 e. The Hall–Kier alpha value is -1.13. The Morgan fingerprint density at radius 1 is 1.30 bits per heavy atom. The van der Waals surface area contributed by atoms with Crippen LogP contribution in [0.15, 0.2) is 18.2 Å². The van der Waals surface area contributed by atoms with Gasteiger partial charge in [-0.3, -0.25) is 0 Å². The molecule has 1 rings (SSSR count). The number of nitrogens with one attached hydrogen (secondary N) is 1. The minimum absolute atomic E-state index is 0.0678. The van der Waals surface area contributed by atoms with Gasteiger partial charge in [0, 0.05) is 29.9 Å². The van der Waals surface area contributed by atoms with Crippen molar-refractivity contribution < 1.29 is 9.50 Å². The van der Waals surface area contributed by atoms with Crippen molar-refractivity contribution in [3.05, 3.63) is 29.6 Å². The zero-order valence-electron chi connectivity index (χ0n) is 13.0. The molecule has 1 unspecified atom stereocenters. The summed E-state index contributed by atoms with van der Waals surface area (Å²) in [5.74, 6) is -0.196. The lowest BCUT2D eigenvalue weighted by molar-refractivity contribution is 0.295. The van der Waals surface area contributed by atoms with Gasteiger partial charge in [0.15, 0.2) is 0 Å². The number of halogens is 1. The fraction of sp³-hybridized carbons (Fsp3) is 0.625. The van der Waals surface area contributed by atoms with E-state index in [-0.39, 0.29) is 18.5 Å². The first-order valence-corrected chi connectivity index (χ1v) is 7.43. The van der Waals surface area contributed by atoms with Gasteiger partial charge in [-0.1, -0.05) is 19.9 Å². The molecule has 1 atom stereocenters. The van der Waals surface area contributed by atoms with E-state index in [9.17, 15) is 9.50 Å². The lowest BCUT2D eigenvalue weighted by Gasteiger charge is -2.35. The number of aliphatic hydroxyl groups excluding tert-OH is 1. The monoisotopic (exact) mass is 282 g/mol. The van der Waals surface area contributed by atoms with Crippen LogP contribution in [0.5, 0.6) is 0 Å². The van der Waals surface area contributed by atoms with Crippen molar-refractivity contribution in [2.45, 2.75) is 45.7 Å². The fourth-order valence-electron chi connectivity index (χ4n) is 2.69. The molecule has 0 heterocycles. The van der Waals surface area contributed by atoms with Gasteiger partial charge in [0.2, 0.25) is 0 Å². The summed E-state index contributed by atoms with van der Waals surface area (Å²) in [6, 6.07) is 5.42. The molecule has 0 spiro atoms. The quantitative estimate of drug-likeness (QED) is 0.769. The van der Waals surface area contributed by atoms with Crippen molar-refractivity contribution in [2.24, 2.45) is 0 Å². The number of nitrogens with zero attached hydrogens (tertiary/aromatic N) is 1. The summed E-state index contributed by atoms with van der Waals surface area (Å²) >= 11 is 0. The molecule has 114 valence electrons. The van der Waals surface area contributed by atoms with Gasteiger partial charge in [0.25, 0.3) is 0 Å². The van der Waals surface area contributed by atoms with Crippen molar-refractivity contribution in [2.75, 3.05) is 25.1 Å². The van der Waals surface area contributed by atoms with Gasteiger partial charge in [-0.05, 0) is 38.9 Å². The molecule has 0 aliphatic rings. The van der Waals surface area contributed by atoms with Crippen LogP contribution in [-0.4, -0.2) is 31.3 Å². The Morgan fingerprint density at radius 2 is 1.95 bits per heavy atom. The summed E-state index contributed by atoms with van der Waals surface area (Å²) in [4.78, 5) is 2.13. The van der Waals surface area contributed by atoms with Crippen LogP contribution in [0, 0.1) is 5.82 Å². The topological polar surface area (TPSA) is 35.5 Å². The van der Waals surface area contributed by atoms with Crippen LogP contribution in [0.2, 0.25) is 0 Å². The first-order chi connectivity index (χ1) is 9.60. The third-order valence-corrected chi connectivity index (χ3v) is 3.93. The van der Waals surface area contributed by atoms with E-state index >= 15 is 0 Å². The Kier molecular flexibility index (Phi) is 6.96. The van der Waals surface area contributed by atoms with Crippen LogP contribution in [0.1, 0.15) is 45.2 Å². The highest BCUT2D eigenvalue weighted by molar-refractivity contribution is 5.56. The van der Waals surface area contributed by atoms with Crippen LogP contribution in [0.4, 0.5) is 10.1 Å². The predicted molar refractivity (Wildman–Crippen MR) is 82.7 cm³/mol. The molecular formula is C16H27FN2O. The summed E-state index contributed by atoms with van der Waals surface area (Å²) in [6.45, 7) is 6.80. The normalized spacial score (nSPS) is 12.8. The highest BCUT2D eigenvalue weighted by Crippen LogP contribution is 2.31. The standard InChI is InChI=1S/C16H27FN2O/c1-5-13(6-2)19(10-11-20)15-9-7-8-14(17)16(15)12(3)18-4/h7-9,12-13,18,20H,5-6,10-11H2,1-4H3. The molecule has 0 aliphatic heterocycles. The van der Waals surface area contributed by atoms with Crippen LogP contribution in [0.25, 0.3) is 0 Å². The summed E-state index contributed by atoms with van der Waals surface area (Å²) in [5, 5.41) is 12.4. The second-order valence-electron chi connectivity index (χ2n) is 5.07. The third kappa shape index (κ3) is 3.70. The number of rotatable bonds is 8. The number of benzene rings is 1. The summed E-state index contributed by atoms with van der Waals surface area (Å²) in [5.41, 5.74) is 1.56. The number of aliphatic hydroxyl groups is 1. The Bertz CT molecular complexity index is 407. The maximum atomic E-state index is 14.2. The molecular weight excluding hydrogens is 255 g/mol. The van der Waals surface area contributed by atoms with Crippen molar-refractivity contribution in [1.29, 1.82) is 0 Å². The van der Waals surface area contributed by atoms with E-state index in [2.05, 4.69) is 24.1 Å². The molecule has 0 aromatic heterocycles. The van der Waals surface area contributed by atoms with Gasteiger partial charge in [-0.15, -0.1) is 0 Å². The Morgan fingerprint density at radius 3 is 2.45 bits per heavy atom. The molecule has 1 aromatic carbocycles. The van der Waals surface area contributed by atoms with E-state index in [1.165, 1.54) is 6.07 Å². The molecule has 0 saturated heterocycles. The highest BCUT2D eigenvalue weighted by Gasteiger charge is 2.22. The molecule has 20 heavy (non-hydrogen) atoms. The van der Waals surface area contributed by atoms with Crippen LogP contribution in [-0.2, 0) is 0 Å². The van der Waals surface area contributed by atoms with Crippen molar-refractivity contribution in [3.8, 4) is 0 Å². The van der Waals surface area contributed by atoms with E-state index in [0.717, 1.165) is 18.5 Å². The van der Waals surface area contributed by atoms with E-state index in [4.69, 9.17) is 0 Å². The van der Waals surface area contributed by atoms with Gasteiger partial charge in [0.1, 0.15) is 5.82 Å². The lowest BCUT2D eigenvalue weighted by atomic mass is 10.0. The first kappa shape index (κ1) is 16.9. The molecule has 2 N–H and O–H groups in total. The molecule has 0 bridgehead atoms. The van der Waals surface area contributed by atoms with Crippen molar-refractivity contribution in [1.82, 2.24) is 5.32 Å². The van der Waals surface area contributed by atoms with Crippen molar-refractivity contribution in [3.63, 3.8) is 0 Å². The number of anilines is 1.